The van der Waals surface area contributed by atoms with E-state index in [0.29, 0.717) is 11.3 Å². The lowest BCUT2D eigenvalue weighted by Crippen LogP contribution is -2.23. The summed E-state index contributed by atoms with van der Waals surface area (Å²) in [7, 11) is 1.33. The number of esters is 1. The Morgan fingerprint density at radius 3 is 2.57 bits per heavy atom. The molecule has 0 bridgehead atoms. The molecule has 0 spiro atoms. The first-order valence-corrected chi connectivity index (χ1v) is 7.19. The molecule has 0 aliphatic rings. The number of amides is 1. The molecule has 0 aliphatic heterocycles. The van der Waals surface area contributed by atoms with Gasteiger partial charge in [0.2, 0.25) is 5.82 Å². The van der Waals surface area contributed by atoms with Crippen molar-refractivity contribution in [1.29, 1.82) is 0 Å². The highest BCUT2D eigenvalue weighted by Gasteiger charge is 2.19. The van der Waals surface area contributed by atoms with E-state index in [2.05, 4.69) is 20.1 Å². The minimum atomic E-state index is -0.426. The second kappa shape index (κ2) is 6.60. The van der Waals surface area contributed by atoms with Crippen LogP contribution in [0.5, 0.6) is 0 Å². The quantitative estimate of drug-likeness (QED) is 0.872. The maximum absolute atomic E-state index is 12.3. The Balaban J connectivity index is 2.17. The zero-order valence-electron chi connectivity index (χ0n) is 13.7. The minimum absolute atomic E-state index is 0.0767. The van der Waals surface area contributed by atoms with Gasteiger partial charge in [0.25, 0.3) is 5.91 Å². The molecule has 0 unspecified atom stereocenters. The number of carbonyl (C=O) groups is 2. The van der Waals surface area contributed by atoms with Crippen LogP contribution in [0.15, 0.2) is 30.6 Å². The molecule has 0 saturated carbocycles. The number of carbonyl (C=O) groups excluding carboxylic acids is 2. The van der Waals surface area contributed by atoms with Crippen molar-refractivity contribution in [2.45, 2.75) is 32.7 Å². The Morgan fingerprint density at radius 2 is 1.96 bits per heavy atom. The molecule has 2 rings (SSSR count). The van der Waals surface area contributed by atoms with Gasteiger partial charge in [0.15, 0.2) is 0 Å². The molecule has 0 atom stereocenters. The van der Waals surface area contributed by atoms with E-state index >= 15 is 0 Å². The first-order valence-electron chi connectivity index (χ1n) is 7.19. The molecule has 0 fully saturated rings. The van der Waals surface area contributed by atoms with Crippen molar-refractivity contribution < 1.29 is 14.3 Å². The topological polar surface area (TPSA) is 86.1 Å². The summed E-state index contributed by atoms with van der Waals surface area (Å²) in [6.07, 6.45) is 1.60. The van der Waals surface area contributed by atoms with Crippen LogP contribution in [0.3, 0.4) is 0 Å². The van der Waals surface area contributed by atoms with Gasteiger partial charge in [0.05, 0.1) is 19.1 Å². The van der Waals surface area contributed by atoms with Gasteiger partial charge in [-0.3, -0.25) is 9.59 Å². The van der Waals surface area contributed by atoms with Crippen LogP contribution in [0, 0.1) is 0 Å². The van der Waals surface area contributed by atoms with E-state index in [-0.39, 0.29) is 23.8 Å². The van der Waals surface area contributed by atoms with Gasteiger partial charge < -0.3 is 10.1 Å². The molecular formula is C16H20N4O3. The number of anilines is 1. The smallest absolute Gasteiger partial charge is 0.310 e. The maximum Gasteiger partial charge on any atom is 0.310 e. The summed E-state index contributed by atoms with van der Waals surface area (Å²) in [5.74, 6) is -0.722. The number of ether oxygens (including phenoxy) is 1. The molecule has 0 saturated heterocycles. The Hall–Kier alpha value is -2.70. The molecule has 122 valence electrons. The van der Waals surface area contributed by atoms with Gasteiger partial charge in [-0.25, -0.2) is 9.67 Å². The molecule has 0 radical (unpaired) electrons. The predicted octanol–water partition coefficient (Wildman–Crippen LogP) is 2.00. The van der Waals surface area contributed by atoms with Crippen LogP contribution < -0.4 is 5.32 Å². The number of benzene rings is 1. The van der Waals surface area contributed by atoms with Crippen molar-refractivity contribution in [3.63, 3.8) is 0 Å². The average Bonchev–Trinajstić information content (AvgIpc) is 2.99. The van der Waals surface area contributed by atoms with Crippen molar-refractivity contribution in [2.24, 2.45) is 0 Å². The fourth-order valence-electron chi connectivity index (χ4n) is 1.89. The van der Waals surface area contributed by atoms with Crippen molar-refractivity contribution in [1.82, 2.24) is 14.8 Å². The zero-order chi connectivity index (χ0) is 17.0. The molecule has 1 aromatic heterocycles. The summed E-state index contributed by atoms with van der Waals surface area (Å²) in [6.45, 7) is 5.90. The third-order valence-corrected chi connectivity index (χ3v) is 3.21. The summed E-state index contributed by atoms with van der Waals surface area (Å²) in [5.41, 5.74) is 0.951. The number of hydrogen-bond acceptors (Lipinski definition) is 5. The van der Waals surface area contributed by atoms with E-state index in [1.165, 1.54) is 13.4 Å². The largest absolute Gasteiger partial charge is 0.469 e. The Bertz CT molecular complexity index is 716. The van der Waals surface area contributed by atoms with E-state index in [1.54, 1.807) is 28.9 Å². The monoisotopic (exact) mass is 316 g/mol. The standard InChI is InChI=1S/C16H20N4O3/c1-16(2,3)20-10-17-14(19-20)15(22)18-12-8-6-5-7-11(12)9-13(21)23-4/h5-8,10H,9H2,1-4H3,(H,18,22). The van der Waals surface area contributed by atoms with Crippen LogP contribution in [-0.2, 0) is 21.5 Å². The predicted molar refractivity (Wildman–Crippen MR) is 85.1 cm³/mol. The second-order valence-electron chi connectivity index (χ2n) is 6.05. The lowest BCUT2D eigenvalue weighted by atomic mass is 10.1. The molecule has 7 heteroatoms. The second-order valence-corrected chi connectivity index (χ2v) is 6.05. The summed E-state index contributed by atoms with van der Waals surface area (Å²) in [4.78, 5) is 27.8. The molecule has 1 aromatic carbocycles. The van der Waals surface area contributed by atoms with Crippen molar-refractivity contribution in [3.8, 4) is 0 Å². The molecule has 7 nitrogen and oxygen atoms in total. The first kappa shape index (κ1) is 16.7. The normalized spacial score (nSPS) is 11.1. The van der Waals surface area contributed by atoms with Crippen molar-refractivity contribution in [3.05, 3.63) is 42.0 Å². The first-order chi connectivity index (χ1) is 10.8. The Morgan fingerprint density at radius 1 is 1.26 bits per heavy atom. The van der Waals surface area contributed by atoms with Gasteiger partial charge in [-0.15, -0.1) is 5.10 Å². The van der Waals surface area contributed by atoms with Crippen LogP contribution in [0.25, 0.3) is 0 Å². The number of methoxy groups -OCH3 is 1. The maximum atomic E-state index is 12.3. The van der Waals surface area contributed by atoms with Crippen molar-refractivity contribution >= 4 is 17.6 Å². The van der Waals surface area contributed by atoms with Gasteiger partial charge in [0.1, 0.15) is 6.33 Å². The van der Waals surface area contributed by atoms with Crippen molar-refractivity contribution in [2.75, 3.05) is 12.4 Å². The number of nitrogens with zero attached hydrogens (tertiary/aromatic N) is 3. The lowest BCUT2D eigenvalue weighted by molar-refractivity contribution is -0.139. The highest BCUT2D eigenvalue weighted by atomic mass is 16.5. The fraction of sp³-hybridized carbons (Fsp3) is 0.375. The Kier molecular flexibility index (Phi) is 4.78. The Labute approximate surface area is 134 Å². The van der Waals surface area contributed by atoms with Crippen LogP contribution in [0.2, 0.25) is 0 Å². The summed E-state index contributed by atoms with van der Waals surface area (Å²) in [6, 6.07) is 7.04. The number of rotatable bonds is 4. The van der Waals surface area contributed by atoms with Crippen LogP contribution >= 0.6 is 0 Å². The summed E-state index contributed by atoms with van der Waals surface area (Å²) < 4.78 is 6.29. The third-order valence-electron chi connectivity index (χ3n) is 3.21. The summed E-state index contributed by atoms with van der Waals surface area (Å²) >= 11 is 0. The lowest BCUT2D eigenvalue weighted by Gasteiger charge is -2.17. The van der Waals surface area contributed by atoms with Gasteiger partial charge >= 0.3 is 5.97 Å². The molecule has 0 aliphatic carbocycles. The molecule has 23 heavy (non-hydrogen) atoms. The van der Waals surface area contributed by atoms with E-state index in [1.807, 2.05) is 20.8 Å². The van der Waals surface area contributed by atoms with E-state index in [0.717, 1.165) is 0 Å². The van der Waals surface area contributed by atoms with E-state index in [4.69, 9.17) is 0 Å². The fourth-order valence-corrected chi connectivity index (χ4v) is 1.89. The number of aromatic nitrogens is 3. The van der Waals surface area contributed by atoms with E-state index < -0.39 is 5.91 Å². The number of para-hydroxylation sites is 1. The SMILES string of the molecule is COC(=O)Cc1ccccc1NC(=O)c1ncn(C(C)(C)C)n1. The van der Waals surface area contributed by atoms with Crippen LogP contribution in [-0.4, -0.2) is 33.8 Å². The molecule has 1 amide bonds. The van der Waals surface area contributed by atoms with Gasteiger partial charge in [0, 0.05) is 5.69 Å². The molecule has 1 N–H and O–H groups in total. The van der Waals surface area contributed by atoms with Crippen LogP contribution in [0.1, 0.15) is 37.0 Å². The van der Waals surface area contributed by atoms with Gasteiger partial charge in [-0.1, -0.05) is 18.2 Å². The van der Waals surface area contributed by atoms with Gasteiger partial charge in [-0.2, -0.15) is 0 Å². The number of nitrogens with one attached hydrogen (secondary N) is 1. The minimum Gasteiger partial charge on any atom is -0.469 e. The third kappa shape index (κ3) is 4.15. The number of hydrogen-bond donors (Lipinski definition) is 1. The highest BCUT2D eigenvalue weighted by Crippen LogP contribution is 2.17. The summed E-state index contributed by atoms with van der Waals surface area (Å²) in [5, 5.41) is 6.92. The van der Waals surface area contributed by atoms with Gasteiger partial charge in [-0.05, 0) is 32.4 Å². The highest BCUT2D eigenvalue weighted by molar-refractivity contribution is 6.02. The van der Waals surface area contributed by atoms with Crippen LogP contribution in [0.4, 0.5) is 5.69 Å². The molecule has 2 aromatic rings. The molecular weight excluding hydrogens is 296 g/mol. The van der Waals surface area contributed by atoms with E-state index in [9.17, 15) is 9.59 Å². The zero-order valence-corrected chi connectivity index (χ0v) is 13.7. The average molecular weight is 316 g/mol. The molecule has 1 heterocycles.